The van der Waals surface area contributed by atoms with E-state index in [1.54, 1.807) is 38.3 Å². The Morgan fingerprint density at radius 2 is 2.00 bits per heavy atom. The summed E-state index contributed by atoms with van der Waals surface area (Å²) < 4.78 is 27.9. The summed E-state index contributed by atoms with van der Waals surface area (Å²) in [4.78, 5) is 11.6. The Morgan fingerprint density at radius 3 is 2.55 bits per heavy atom. The molecule has 2 N–H and O–H groups in total. The third kappa shape index (κ3) is 5.65. The first kappa shape index (κ1) is 23.1. The number of aromatic nitrogens is 2. The van der Waals surface area contributed by atoms with Gasteiger partial charge >= 0.3 is 0 Å². The molecule has 2 aromatic rings. The van der Waals surface area contributed by atoms with Crippen LogP contribution >= 0.6 is 0 Å². The molecule has 2 rings (SSSR count). The third-order valence-electron chi connectivity index (χ3n) is 4.37. The number of benzene rings is 1. The van der Waals surface area contributed by atoms with Crippen LogP contribution in [0, 0.1) is 0 Å². The number of methoxy groups -OCH3 is 2. The van der Waals surface area contributed by atoms with Crippen molar-refractivity contribution >= 4 is 17.3 Å². The molecule has 1 aromatic carbocycles. The van der Waals surface area contributed by atoms with Gasteiger partial charge in [-0.2, -0.15) is 5.10 Å². The smallest absolute Gasteiger partial charge is 0.241 e. The third-order valence-corrected chi connectivity index (χ3v) is 6.05. The van der Waals surface area contributed by atoms with Gasteiger partial charge in [-0.25, -0.2) is 0 Å². The highest BCUT2D eigenvalue weighted by Crippen LogP contribution is 2.40. The zero-order valence-electron chi connectivity index (χ0n) is 18.0. The van der Waals surface area contributed by atoms with E-state index in [-0.39, 0.29) is 23.2 Å². The number of hydrogen-bond acceptors (Lipinski definition) is 6. The quantitative estimate of drug-likeness (QED) is 0.634. The lowest BCUT2D eigenvalue weighted by molar-refractivity contribution is -0.121. The number of nitrogens with zero attached hydrogens (tertiary/aromatic N) is 2. The number of rotatable bonds is 8. The maximum Gasteiger partial charge on any atom is 0.241 e. The molecule has 0 saturated heterocycles. The summed E-state index contributed by atoms with van der Waals surface area (Å²) in [5, 5.41) is 6.84. The molecule has 29 heavy (non-hydrogen) atoms. The molecule has 9 heteroatoms. The summed E-state index contributed by atoms with van der Waals surface area (Å²) >= 11 is -1.22. The highest BCUT2D eigenvalue weighted by molar-refractivity contribution is 7.90. The van der Waals surface area contributed by atoms with Gasteiger partial charge in [0.1, 0.15) is 11.3 Å². The number of nitrogens with one attached hydrogen (secondary N) is 2. The molecule has 0 aliphatic carbocycles. The zero-order valence-corrected chi connectivity index (χ0v) is 18.8. The molecule has 0 fully saturated rings. The molecule has 1 aromatic heterocycles. The van der Waals surface area contributed by atoms with Crippen molar-refractivity contribution in [1.82, 2.24) is 19.8 Å². The molecule has 2 atom stereocenters. The van der Waals surface area contributed by atoms with Gasteiger partial charge in [-0.05, 0) is 45.4 Å². The van der Waals surface area contributed by atoms with E-state index >= 15 is 0 Å². The van der Waals surface area contributed by atoms with Crippen LogP contribution in [0.5, 0.6) is 11.5 Å². The van der Waals surface area contributed by atoms with E-state index in [0.29, 0.717) is 11.5 Å². The molecule has 1 unspecified atom stereocenters. The van der Waals surface area contributed by atoms with Crippen molar-refractivity contribution in [1.29, 1.82) is 0 Å². The summed E-state index contributed by atoms with van der Waals surface area (Å²) in [5.74, 6) is 0.995. The van der Waals surface area contributed by atoms with Crippen molar-refractivity contribution in [3.8, 4) is 22.6 Å². The summed E-state index contributed by atoms with van der Waals surface area (Å²) in [6.07, 6.45) is 3.46. The molecule has 1 heterocycles. The zero-order chi connectivity index (χ0) is 21.8. The van der Waals surface area contributed by atoms with Crippen LogP contribution in [0.4, 0.5) is 0 Å². The minimum atomic E-state index is -1.22. The Hall–Kier alpha value is -2.23. The molecular formula is C20H30N4O4S. The van der Waals surface area contributed by atoms with Gasteiger partial charge in [0.2, 0.25) is 5.91 Å². The Balaban J connectivity index is 2.43. The largest absolute Gasteiger partial charge is 0.598 e. The van der Waals surface area contributed by atoms with Gasteiger partial charge in [0.05, 0.1) is 26.5 Å². The monoisotopic (exact) mass is 422 g/mol. The van der Waals surface area contributed by atoms with E-state index in [9.17, 15) is 9.35 Å². The second-order valence-corrected chi connectivity index (χ2v) is 9.62. The fraction of sp³-hybridized carbons (Fsp3) is 0.500. The molecule has 8 nitrogen and oxygen atoms in total. The number of hydrogen-bond donors (Lipinski definition) is 2. The van der Waals surface area contributed by atoms with E-state index < -0.39 is 11.4 Å². The van der Waals surface area contributed by atoms with Crippen LogP contribution in [0.15, 0.2) is 24.5 Å². The van der Waals surface area contributed by atoms with Crippen LogP contribution in [-0.4, -0.2) is 46.3 Å². The molecule has 0 spiro atoms. The van der Waals surface area contributed by atoms with Gasteiger partial charge in [0.25, 0.3) is 0 Å². The van der Waals surface area contributed by atoms with Crippen LogP contribution in [-0.2, 0) is 22.7 Å². The van der Waals surface area contributed by atoms with Crippen LogP contribution in [0.2, 0.25) is 0 Å². The molecule has 1 amide bonds. The SMILES string of the molecule is CNC(=O)Cn1cc(-c2cc([C@@H](C)N[S+]([O-])C(C)(C)C)cc(OC)c2OC)cn1. The van der Waals surface area contributed by atoms with Gasteiger partial charge < -0.3 is 19.3 Å². The lowest BCUT2D eigenvalue weighted by Gasteiger charge is -2.27. The first-order valence-electron chi connectivity index (χ1n) is 9.28. The van der Waals surface area contributed by atoms with Crippen LogP contribution < -0.4 is 19.5 Å². The number of likely N-dealkylation sites (N-methyl/N-ethyl adjacent to an activating group) is 1. The minimum absolute atomic E-state index is 0.123. The van der Waals surface area contributed by atoms with Crippen molar-refractivity contribution in [2.75, 3.05) is 21.3 Å². The summed E-state index contributed by atoms with van der Waals surface area (Å²) in [6, 6.07) is 3.64. The first-order valence-corrected chi connectivity index (χ1v) is 10.4. The predicted octanol–water partition coefficient (Wildman–Crippen LogP) is 2.43. The molecule has 0 saturated carbocycles. The van der Waals surface area contributed by atoms with Crippen molar-refractivity contribution in [2.45, 2.75) is 45.0 Å². The normalized spacial score (nSPS) is 13.7. The number of carbonyl (C=O) groups is 1. The fourth-order valence-corrected chi connectivity index (χ4v) is 3.48. The molecule has 160 valence electrons. The first-order chi connectivity index (χ1) is 13.6. The van der Waals surface area contributed by atoms with Crippen LogP contribution in [0.1, 0.15) is 39.3 Å². The van der Waals surface area contributed by atoms with E-state index in [1.807, 2.05) is 39.8 Å². The van der Waals surface area contributed by atoms with Gasteiger partial charge in [-0.15, -0.1) is 4.72 Å². The number of carbonyl (C=O) groups excluding carboxylic acids is 1. The lowest BCUT2D eigenvalue weighted by Crippen LogP contribution is -2.40. The van der Waals surface area contributed by atoms with Gasteiger partial charge in [-0.3, -0.25) is 9.48 Å². The molecule has 0 radical (unpaired) electrons. The van der Waals surface area contributed by atoms with E-state index in [0.717, 1.165) is 16.7 Å². The summed E-state index contributed by atoms with van der Waals surface area (Å²) in [7, 11) is 4.73. The molecule has 0 aliphatic rings. The molecule has 0 bridgehead atoms. The minimum Gasteiger partial charge on any atom is -0.598 e. The average molecular weight is 423 g/mol. The van der Waals surface area contributed by atoms with Crippen molar-refractivity contribution in [2.24, 2.45) is 0 Å². The van der Waals surface area contributed by atoms with Gasteiger partial charge in [0, 0.05) is 35.7 Å². The van der Waals surface area contributed by atoms with Crippen LogP contribution in [0.25, 0.3) is 11.1 Å². The summed E-state index contributed by atoms with van der Waals surface area (Å²) in [6.45, 7) is 7.83. The molecular weight excluding hydrogens is 392 g/mol. The summed E-state index contributed by atoms with van der Waals surface area (Å²) in [5.41, 5.74) is 2.46. The second kappa shape index (κ2) is 9.51. The Bertz CT molecular complexity index is 847. The second-order valence-electron chi connectivity index (χ2n) is 7.62. The van der Waals surface area contributed by atoms with E-state index in [2.05, 4.69) is 15.1 Å². The number of amides is 1. The maximum absolute atomic E-state index is 12.5. The number of ether oxygens (including phenoxy) is 2. The van der Waals surface area contributed by atoms with Crippen molar-refractivity contribution < 1.29 is 18.8 Å². The van der Waals surface area contributed by atoms with E-state index in [1.165, 1.54) is 0 Å². The van der Waals surface area contributed by atoms with Crippen molar-refractivity contribution in [3.63, 3.8) is 0 Å². The highest BCUT2D eigenvalue weighted by Gasteiger charge is 2.29. The standard InChI is InChI=1S/C20H30N4O4S/c1-13(23-29(26)20(2,3)4)14-8-16(19(28-7)17(9-14)27-6)15-10-22-24(11-15)12-18(25)21-5/h8-11,13,23H,12H2,1-7H3,(H,21,25)/t13-,29?/m1/s1. The maximum atomic E-state index is 12.5. The van der Waals surface area contributed by atoms with Gasteiger partial charge in [0.15, 0.2) is 11.5 Å². The Morgan fingerprint density at radius 1 is 1.31 bits per heavy atom. The Labute approximate surface area is 175 Å². The lowest BCUT2D eigenvalue weighted by atomic mass is 10.0. The average Bonchev–Trinajstić information content (AvgIpc) is 3.13. The van der Waals surface area contributed by atoms with Gasteiger partial charge in [-0.1, -0.05) is 0 Å². The molecule has 0 aliphatic heterocycles. The topological polar surface area (TPSA) is 100 Å². The Kier molecular flexibility index (Phi) is 7.56. The van der Waals surface area contributed by atoms with E-state index in [4.69, 9.17) is 9.47 Å². The fourth-order valence-electron chi connectivity index (χ4n) is 2.67. The predicted molar refractivity (Wildman–Crippen MR) is 114 cm³/mol. The van der Waals surface area contributed by atoms with Crippen molar-refractivity contribution in [3.05, 3.63) is 30.1 Å². The highest BCUT2D eigenvalue weighted by atomic mass is 32.2. The van der Waals surface area contributed by atoms with Crippen LogP contribution in [0.3, 0.4) is 0 Å².